The number of methoxy groups -OCH3 is 1. The van der Waals surface area contributed by atoms with Gasteiger partial charge in [0.1, 0.15) is 11.8 Å². The molecule has 1 atom stereocenters. The maximum atomic E-state index is 13.0. The van der Waals surface area contributed by atoms with E-state index in [4.69, 9.17) is 4.74 Å². The monoisotopic (exact) mass is 459 g/mol. The fourth-order valence-corrected chi connectivity index (χ4v) is 5.30. The molecule has 1 aliphatic heterocycles. The molecule has 1 amide bonds. The van der Waals surface area contributed by atoms with Crippen LogP contribution in [0.4, 0.5) is 5.69 Å². The van der Waals surface area contributed by atoms with Gasteiger partial charge in [0, 0.05) is 19.2 Å². The highest BCUT2D eigenvalue weighted by atomic mass is 32.2. The highest BCUT2D eigenvalue weighted by Crippen LogP contribution is 2.25. The Bertz CT molecular complexity index is 1020. The lowest BCUT2D eigenvalue weighted by molar-refractivity contribution is -0.122. The largest absolute Gasteiger partial charge is 0.497 e. The van der Waals surface area contributed by atoms with Crippen molar-refractivity contribution < 1.29 is 17.9 Å². The Morgan fingerprint density at radius 2 is 1.78 bits per heavy atom. The normalized spacial score (nSPS) is 15.7. The van der Waals surface area contributed by atoms with E-state index in [1.165, 1.54) is 31.9 Å². The quantitative estimate of drug-likeness (QED) is 0.623. The zero-order chi connectivity index (χ0) is 23.1. The predicted octanol–water partition coefficient (Wildman–Crippen LogP) is 3.15. The van der Waals surface area contributed by atoms with Crippen molar-refractivity contribution in [2.75, 3.05) is 30.8 Å². The predicted molar refractivity (Wildman–Crippen MR) is 127 cm³/mol. The number of benzene rings is 2. The SMILES string of the molecule is COc1cccc(N([C@@H](C)C(=O)NCc2ccccc2CN2CCCCC2)S(C)(=O)=O)c1. The van der Waals surface area contributed by atoms with Gasteiger partial charge in [-0.15, -0.1) is 0 Å². The zero-order valence-electron chi connectivity index (χ0n) is 19.1. The molecule has 0 aromatic heterocycles. The fourth-order valence-electron chi connectivity index (χ4n) is 4.13. The van der Waals surface area contributed by atoms with Crippen molar-refractivity contribution in [1.29, 1.82) is 0 Å². The molecule has 0 bridgehead atoms. The highest BCUT2D eigenvalue weighted by molar-refractivity contribution is 7.92. The van der Waals surface area contributed by atoms with Crippen molar-refractivity contribution in [3.05, 3.63) is 59.7 Å². The third-order valence-electron chi connectivity index (χ3n) is 5.81. The average molecular weight is 460 g/mol. The number of ether oxygens (including phenoxy) is 1. The van der Waals surface area contributed by atoms with Gasteiger partial charge in [0.2, 0.25) is 15.9 Å². The molecular weight excluding hydrogens is 426 g/mol. The van der Waals surface area contributed by atoms with Gasteiger partial charge in [-0.25, -0.2) is 8.42 Å². The summed E-state index contributed by atoms with van der Waals surface area (Å²) in [6.45, 7) is 5.00. The van der Waals surface area contributed by atoms with Crippen LogP contribution in [-0.2, 0) is 27.9 Å². The van der Waals surface area contributed by atoms with Crippen molar-refractivity contribution in [2.45, 2.75) is 45.3 Å². The molecule has 1 fully saturated rings. The summed E-state index contributed by atoms with van der Waals surface area (Å²) in [5.74, 6) is 0.168. The van der Waals surface area contributed by atoms with Crippen molar-refractivity contribution in [3.8, 4) is 5.75 Å². The number of amides is 1. The minimum absolute atomic E-state index is 0.350. The number of likely N-dealkylation sites (tertiary alicyclic amines) is 1. The fraction of sp³-hybridized carbons (Fsp3) is 0.458. The number of piperidine rings is 1. The van der Waals surface area contributed by atoms with Gasteiger partial charge in [-0.05, 0) is 56.1 Å². The van der Waals surface area contributed by atoms with Crippen LogP contribution in [0.25, 0.3) is 0 Å². The molecule has 3 rings (SSSR count). The number of hydrogen-bond donors (Lipinski definition) is 1. The molecule has 2 aromatic carbocycles. The molecule has 0 unspecified atom stereocenters. The van der Waals surface area contributed by atoms with E-state index < -0.39 is 16.1 Å². The molecule has 1 saturated heterocycles. The Morgan fingerprint density at radius 1 is 1.09 bits per heavy atom. The summed E-state index contributed by atoms with van der Waals surface area (Å²) >= 11 is 0. The van der Waals surface area contributed by atoms with Crippen LogP contribution in [0.5, 0.6) is 5.75 Å². The Hall–Kier alpha value is -2.58. The van der Waals surface area contributed by atoms with Gasteiger partial charge in [-0.1, -0.05) is 36.8 Å². The van der Waals surface area contributed by atoms with Crippen LogP contribution < -0.4 is 14.4 Å². The van der Waals surface area contributed by atoms with E-state index in [0.29, 0.717) is 18.0 Å². The van der Waals surface area contributed by atoms with Crippen molar-refractivity contribution in [1.82, 2.24) is 10.2 Å². The molecule has 1 N–H and O–H groups in total. The van der Waals surface area contributed by atoms with Crippen LogP contribution >= 0.6 is 0 Å². The third-order valence-corrected chi connectivity index (χ3v) is 7.05. The van der Waals surface area contributed by atoms with Crippen molar-refractivity contribution in [3.63, 3.8) is 0 Å². The third kappa shape index (κ3) is 6.23. The van der Waals surface area contributed by atoms with E-state index in [2.05, 4.69) is 16.3 Å². The number of carbonyl (C=O) groups excluding carboxylic acids is 1. The molecule has 7 nitrogen and oxygen atoms in total. The van der Waals surface area contributed by atoms with Gasteiger partial charge in [0.25, 0.3) is 0 Å². The lowest BCUT2D eigenvalue weighted by atomic mass is 10.0. The first kappa shape index (κ1) is 24.1. The first-order valence-electron chi connectivity index (χ1n) is 11.0. The average Bonchev–Trinajstić information content (AvgIpc) is 2.78. The molecule has 1 aliphatic rings. The van der Waals surface area contributed by atoms with Gasteiger partial charge >= 0.3 is 0 Å². The van der Waals surface area contributed by atoms with Crippen molar-refractivity contribution >= 4 is 21.6 Å². The topological polar surface area (TPSA) is 79.0 Å². The maximum absolute atomic E-state index is 13.0. The van der Waals surface area contributed by atoms with Crippen LogP contribution in [0.15, 0.2) is 48.5 Å². The van der Waals surface area contributed by atoms with Gasteiger partial charge in [-0.3, -0.25) is 14.0 Å². The number of nitrogens with zero attached hydrogens (tertiary/aromatic N) is 2. The van der Waals surface area contributed by atoms with Gasteiger partial charge < -0.3 is 10.1 Å². The summed E-state index contributed by atoms with van der Waals surface area (Å²) in [7, 11) is -2.17. The van der Waals surface area contributed by atoms with E-state index in [0.717, 1.165) is 35.8 Å². The molecule has 0 aliphatic carbocycles. The van der Waals surface area contributed by atoms with Crippen LogP contribution in [0.1, 0.15) is 37.3 Å². The van der Waals surface area contributed by atoms with E-state index >= 15 is 0 Å². The van der Waals surface area contributed by atoms with E-state index in [9.17, 15) is 13.2 Å². The molecule has 0 radical (unpaired) electrons. The molecule has 174 valence electrons. The molecular formula is C24H33N3O4S. The second-order valence-corrected chi connectivity index (χ2v) is 10.1. The summed E-state index contributed by atoms with van der Waals surface area (Å²) in [6, 6.07) is 13.9. The summed E-state index contributed by atoms with van der Waals surface area (Å²) in [6.07, 6.45) is 4.84. The molecule has 32 heavy (non-hydrogen) atoms. The minimum atomic E-state index is -3.69. The minimum Gasteiger partial charge on any atom is -0.497 e. The number of hydrogen-bond acceptors (Lipinski definition) is 5. The molecule has 0 saturated carbocycles. The first-order valence-corrected chi connectivity index (χ1v) is 12.8. The molecule has 2 aromatic rings. The van der Waals surface area contributed by atoms with Gasteiger partial charge in [0.05, 0.1) is 19.1 Å². The number of sulfonamides is 1. The van der Waals surface area contributed by atoms with E-state index in [-0.39, 0.29) is 5.91 Å². The molecule has 0 spiro atoms. The van der Waals surface area contributed by atoms with Crippen LogP contribution in [0.2, 0.25) is 0 Å². The van der Waals surface area contributed by atoms with Crippen molar-refractivity contribution in [2.24, 2.45) is 0 Å². The highest BCUT2D eigenvalue weighted by Gasteiger charge is 2.29. The smallest absolute Gasteiger partial charge is 0.243 e. The second kappa shape index (κ2) is 10.8. The van der Waals surface area contributed by atoms with E-state index in [1.54, 1.807) is 31.2 Å². The van der Waals surface area contributed by atoms with Gasteiger partial charge in [-0.2, -0.15) is 0 Å². The van der Waals surface area contributed by atoms with Crippen LogP contribution in [-0.4, -0.2) is 51.7 Å². The lowest BCUT2D eigenvalue weighted by Crippen LogP contribution is -2.47. The van der Waals surface area contributed by atoms with E-state index in [1.807, 2.05) is 18.2 Å². The summed E-state index contributed by atoms with van der Waals surface area (Å²) in [4.78, 5) is 15.4. The Kier molecular flexibility index (Phi) is 8.15. The summed E-state index contributed by atoms with van der Waals surface area (Å²) in [5, 5.41) is 2.93. The summed E-state index contributed by atoms with van der Waals surface area (Å²) < 4.78 is 31.4. The number of rotatable bonds is 9. The number of nitrogens with one attached hydrogen (secondary N) is 1. The lowest BCUT2D eigenvalue weighted by Gasteiger charge is -2.29. The summed E-state index contributed by atoms with van der Waals surface area (Å²) in [5.41, 5.74) is 2.63. The Labute approximate surface area is 191 Å². The number of anilines is 1. The van der Waals surface area contributed by atoms with Crippen LogP contribution in [0, 0.1) is 0 Å². The van der Waals surface area contributed by atoms with Crippen LogP contribution in [0.3, 0.4) is 0 Å². The molecule has 8 heteroatoms. The maximum Gasteiger partial charge on any atom is 0.243 e. The molecule has 1 heterocycles. The Balaban J connectivity index is 1.72. The Morgan fingerprint density at radius 3 is 2.44 bits per heavy atom. The second-order valence-electron chi connectivity index (χ2n) is 8.26. The standard InChI is InChI=1S/C24H33N3O4S/c1-19(27(32(3,29)30)22-12-9-13-23(16-22)31-2)24(28)25-17-20-10-5-6-11-21(20)18-26-14-7-4-8-15-26/h5-6,9-13,16,19H,4,7-8,14-15,17-18H2,1-3H3,(H,25,28)/t19-/m0/s1. The zero-order valence-corrected chi connectivity index (χ0v) is 19.9. The van der Waals surface area contributed by atoms with Gasteiger partial charge in [0.15, 0.2) is 0 Å². The number of carbonyl (C=O) groups is 1. The first-order chi connectivity index (χ1) is 15.3.